The molecule has 0 amide bonds. The van der Waals surface area contributed by atoms with Gasteiger partial charge in [0.25, 0.3) is 0 Å². The Morgan fingerprint density at radius 2 is 2.10 bits per heavy atom. The van der Waals surface area contributed by atoms with Crippen molar-refractivity contribution in [2.45, 2.75) is 31.8 Å². The highest BCUT2D eigenvalue weighted by molar-refractivity contribution is 5.98. The van der Waals surface area contributed by atoms with Gasteiger partial charge in [0.15, 0.2) is 0 Å². The molecule has 1 aromatic heterocycles. The van der Waals surface area contributed by atoms with E-state index in [0.29, 0.717) is 0 Å². The number of pyridine rings is 1. The van der Waals surface area contributed by atoms with Crippen molar-refractivity contribution in [2.75, 3.05) is 23.7 Å². The number of hydrogen-bond donors (Lipinski definition) is 2. The van der Waals surface area contributed by atoms with E-state index in [2.05, 4.69) is 22.0 Å². The van der Waals surface area contributed by atoms with Gasteiger partial charge in [-0.25, -0.2) is 0 Å². The molecular weight excluding hydrogens is 250 g/mol. The molecule has 1 aliphatic rings. The molecule has 1 aliphatic heterocycles. The summed E-state index contributed by atoms with van der Waals surface area (Å²) in [6.45, 7) is 3.71. The molecule has 0 aliphatic carbocycles. The average Bonchev–Trinajstić information content (AvgIpc) is 2.61. The fraction of sp³-hybridized carbons (Fsp3) is 0.438. The summed E-state index contributed by atoms with van der Waals surface area (Å²) < 4.78 is 0. The minimum absolute atomic E-state index is 0.551. The molecule has 1 atom stereocenters. The quantitative estimate of drug-likeness (QED) is 0.782. The number of fused-ring (bicyclic) bond motifs is 1. The normalized spacial score (nSPS) is 23.8. The lowest BCUT2D eigenvalue weighted by Gasteiger charge is -2.26. The van der Waals surface area contributed by atoms with Crippen LogP contribution in [0, 0.1) is 0 Å². The summed E-state index contributed by atoms with van der Waals surface area (Å²) in [4.78, 5) is 6.42. The summed E-state index contributed by atoms with van der Waals surface area (Å²) in [5, 5.41) is 12.3. The van der Waals surface area contributed by atoms with Crippen LogP contribution >= 0.6 is 0 Å². The number of nitrogen functional groups attached to an aromatic ring is 1. The van der Waals surface area contributed by atoms with Crippen molar-refractivity contribution in [2.24, 2.45) is 0 Å². The zero-order valence-electron chi connectivity index (χ0n) is 11.8. The van der Waals surface area contributed by atoms with Crippen LogP contribution in [0.15, 0.2) is 30.6 Å². The molecule has 2 heterocycles. The summed E-state index contributed by atoms with van der Waals surface area (Å²) in [5.74, 6) is 0. The molecule has 1 unspecified atom stereocenters. The van der Waals surface area contributed by atoms with E-state index in [4.69, 9.17) is 5.73 Å². The Hall–Kier alpha value is -1.81. The SMILES string of the molecule is CC1(O)CCCN(c2ccc3cnccc3c2N)CC1. The first-order chi connectivity index (χ1) is 9.57. The second kappa shape index (κ2) is 4.94. The maximum absolute atomic E-state index is 10.2. The van der Waals surface area contributed by atoms with Crippen molar-refractivity contribution < 1.29 is 5.11 Å². The fourth-order valence-corrected chi connectivity index (χ4v) is 2.96. The highest BCUT2D eigenvalue weighted by Gasteiger charge is 2.25. The van der Waals surface area contributed by atoms with E-state index < -0.39 is 5.60 Å². The predicted octanol–water partition coefficient (Wildman–Crippen LogP) is 2.56. The molecule has 1 saturated heterocycles. The first-order valence-electron chi connectivity index (χ1n) is 7.16. The topological polar surface area (TPSA) is 62.4 Å². The lowest BCUT2D eigenvalue weighted by molar-refractivity contribution is 0.0481. The maximum atomic E-state index is 10.2. The van der Waals surface area contributed by atoms with Crippen LogP contribution in [-0.2, 0) is 0 Å². The second-order valence-electron chi connectivity index (χ2n) is 5.93. The molecule has 4 nitrogen and oxygen atoms in total. The van der Waals surface area contributed by atoms with Crippen LogP contribution in [0.4, 0.5) is 11.4 Å². The van der Waals surface area contributed by atoms with Gasteiger partial charge in [-0.05, 0) is 38.3 Å². The number of nitrogens with zero attached hydrogens (tertiary/aromatic N) is 2. The minimum atomic E-state index is -0.551. The highest BCUT2D eigenvalue weighted by Crippen LogP contribution is 2.33. The molecule has 20 heavy (non-hydrogen) atoms. The summed E-state index contributed by atoms with van der Waals surface area (Å²) in [6.07, 6.45) is 6.22. The van der Waals surface area contributed by atoms with Gasteiger partial charge < -0.3 is 15.7 Å². The Morgan fingerprint density at radius 1 is 1.25 bits per heavy atom. The maximum Gasteiger partial charge on any atom is 0.0637 e. The summed E-state index contributed by atoms with van der Waals surface area (Å²) in [6, 6.07) is 6.10. The van der Waals surface area contributed by atoms with E-state index >= 15 is 0 Å². The Balaban J connectivity index is 1.96. The molecule has 4 heteroatoms. The Bertz CT molecular complexity index is 624. The predicted molar refractivity (Wildman–Crippen MR) is 82.8 cm³/mol. The monoisotopic (exact) mass is 271 g/mol. The molecular formula is C16H21N3O. The second-order valence-corrected chi connectivity index (χ2v) is 5.93. The minimum Gasteiger partial charge on any atom is -0.397 e. The van der Waals surface area contributed by atoms with Crippen LogP contribution < -0.4 is 10.6 Å². The van der Waals surface area contributed by atoms with Crippen molar-refractivity contribution in [3.63, 3.8) is 0 Å². The Morgan fingerprint density at radius 3 is 2.95 bits per heavy atom. The van der Waals surface area contributed by atoms with E-state index in [1.54, 1.807) is 6.20 Å². The van der Waals surface area contributed by atoms with Crippen molar-refractivity contribution in [1.82, 2.24) is 4.98 Å². The molecule has 0 bridgehead atoms. The smallest absolute Gasteiger partial charge is 0.0637 e. The number of benzene rings is 1. The van der Waals surface area contributed by atoms with Crippen LogP contribution in [0.1, 0.15) is 26.2 Å². The van der Waals surface area contributed by atoms with E-state index in [1.807, 2.05) is 19.2 Å². The molecule has 0 saturated carbocycles. The van der Waals surface area contributed by atoms with Gasteiger partial charge in [0.2, 0.25) is 0 Å². The number of nitrogens with two attached hydrogens (primary N) is 1. The standard InChI is InChI=1S/C16H21N3O/c1-16(20)6-2-9-19(10-7-16)14-4-3-12-11-18-8-5-13(12)15(14)17/h3-5,8,11,20H,2,6-7,9-10,17H2,1H3. The van der Waals surface area contributed by atoms with Crippen molar-refractivity contribution in [3.8, 4) is 0 Å². The number of hydrogen-bond acceptors (Lipinski definition) is 4. The summed E-state index contributed by atoms with van der Waals surface area (Å²) in [5.41, 5.74) is 7.67. The number of aliphatic hydroxyl groups is 1. The van der Waals surface area contributed by atoms with Gasteiger partial charge in [-0.3, -0.25) is 4.98 Å². The van der Waals surface area contributed by atoms with Gasteiger partial charge in [-0.15, -0.1) is 0 Å². The Kier molecular flexibility index (Phi) is 3.26. The van der Waals surface area contributed by atoms with Crippen molar-refractivity contribution in [3.05, 3.63) is 30.6 Å². The van der Waals surface area contributed by atoms with Gasteiger partial charge >= 0.3 is 0 Å². The fourth-order valence-electron chi connectivity index (χ4n) is 2.96. The third kappa shape index (κ3) is 2.43. The highest BCUT2D eigenvalue weighted by atomic mass is 16.3. The molecule has 2 aromatic rings. The first kappa shape index (κ1) is 13.2. The molecule has 106 valence electrons. The van der Waals surface area contributed by atoms with Crippen LogP contribution in [0.25, 0.3) is 10.8 Å². The van der Waals surface area contributed by atoms with Gasteiger partial charge in [0.1, 0.15) is 0 Å². The van der Waals surface area contributed by atoms with E-state index in [-0.39, 0.29) is 0 Å². The molecule has 0 spiro atoms. The van der Waals surface area contributed by atoms with Crippen LogP contribution in [0.2, 0.25) is 0 Å². The zero-order chi connectivity index (χ0) is 14.2. The van der Waals surface area contributed by atoms with E-state index in [9.17, 15) is 5.11 Å². The summed E-state index contributed by atoms with van der Waals surface area (Å²) in [7, 11) is 0. The van der Waals surface area contributed by atoms with E-state index in [0.717, 1.165) is 54.5 Å². The largest absolute Gasteiger partial charge is 0.397 e. The Labute approximate surface area is 119 Å². The third-order valence-electron chi connectivity index (χ3n) is 4.24. The number of rotatable bonds is 1. The van der Waals surface area contributed by atoms with Gasteiger partial charge in [0, 0.05) is 36.3 Å². The van der Waals surface area contributed by atoms with Crippen LogP contribution in [0.5, 0.6) is 0 Å². The first-order valence-corrected chi connectivity index (χ1v) is 7.16. The van der Waals surface area contributed by atoms with Gasteiger partial charge in [0.05, 0.1) is 17.0 Å². The molecule has 3 rings (SSSR count). The van der Waals surface area contributed by atoms with Gasteiger partial charge in [-0.2, -0.15) is 0 Å². The number of anilines is 2. The lowest BCUT2D eigenvalue weighted by Crippen LogP contribution is -2.28. The number of aromatic nitrogens is 1. The zero-order valence-corrected chi connectivity index (χ0v) is 11.8. The summed E-state index contributed by atoms with van der Waals surface area (Å²) >= 11 is 0. The van der Waals surface area contributed by atoms with Crippen molar-refractivity contribution >= 4 is 22.1 Å². The van der Waals surface area contributed by atoms with Crippen LogP contribution in [0.3, 0.4) is 0 Å². The lowest BCUT2D eigenvalue weighted by atomic mass is 9.98. The van der Waals surface area contributed by atoms with E-state index in [1.165, 1.54) is 0 Å². The molecule has 1 fully saturated rings. The third-order valence-corrected chi connectivity index (χ3v) is 4.24. The van der Waals surface area contributed by atoms with Crippen LogP contribution in [-0.4, -0.2) is 28.8 Å². The van der Waals surface area contributed by atoms with Crippen molar-refractivity contribution in [1.29, 1.82) is 0 Å². The molecule has 3 N–H and O–H groups in total. The van der Waals surface area contributed by atoms with Gasteiger partial charge in [-0.1, -0.05) is 6.07 Å². The molecule has 1 aromatic carbocycles. The average molecular weight is 271 g/mol. The molecule has 0 radical (unpaired) electrons.